The molecule has 0 radical (unpaired) electrons. The van der Waals surface area contributed by atoms with Crippen LogP contribution in [0.5, 0.6) is 5.75 Å². The third-order valence-electron chi connectivity index (χ3n) is 4.46. The molecule has 152 valence electrons. The summed E-state index contributed by atoms with van der Waals surface area (Å²) < 4.78 is 10.8. The van der Waals surface area contributed by atoms with Gasteiger partial charge in [0.25, 0.3) is 5.91 Å². The van der Waals surface area contributed by atoms with Crippen LogP contribution in [-0.2, 0) is 6.42 Å². The number of benzene rings is 1. The number of aryl methyl sites for hydroxylation is 1. The fraction of sp³-hybridized carbons (Fsp3) is 0.263. The molecule has 10 heteroatoms. The molecule has 0 aliphatic heterocycles. The minimum Gasteiger partial charge on any atom is -0.497 e. The third kappa shape index (κ3) is 4.37. The van der Waals surface area contributed by atoms with Crippen molar-refractivity contribution >= 4 is 23.5 Å². The van der Waals surface area contributed by atoms with Crippen molar-refractivity contribution in [1.82, 2.24) is 10.9 Å². The van der Waals surface area contributed by atoms with E-state index in [1.54, 1.807) is 31.2 Å². The van der Waals surface area contributed by atoms with E-state index >= 15 is 0 Å². The highest BCUT2D eigenvalue weighted by Crippen LogP contribution is 2.30. The predicted molar refractivity (Wildman–Crippen MR) is 107 cm³/mol. The number of nitrogens with one attached hydrogen (secondary N) is 2. The maximum absolute atomic E-state index is 12.5. The van der Waals surface area contributed by atoms with E-state index in [1.807, 2.05) is 0 Å². The molecule has 1 aromatic carbocycles. The number of carbonyl (C=O) groups is 2. The third-order valence-corrected chi connectivity index (χ3v) is 4.46. The number of furan rings is 1. The summed E-state index contributed by atoms with van der Waals surface area (Å²) in [6, 6.07) is 6.48. The Morgan fingerprint density at radius 2 is 1.79 bits per heavy atom. The number of hydrogen-bond acceptors (Lipinski definition) is 6. The molecule has 1 aliphatic rings. The Hall–Kier alpha value is -3.82. The van der Waals surface area contributed by atoms with Crippen LogP contribution >= 0.6 is 0 Å². The number of guanidine groups is 1. The molecule has 3 rings (SSSR count). The normalized spacial score (nSPS) is 14.1. The van der Waals surface area contributed by atoms with Gasteiger partial charge in [0.2, 0.25) is 5.96 Å². The number of rotatable bonds is 4. The molecule has 29 heavy (non-hydrogen) atoms. The maximum Gasteiger partial charge on any atom is 0.305 e. The Kier molecular flexibility index (Phi) is 5.82. The van der Waals surface area contributed by atoms with Gasteiger partial charge in [-0.1, -0.05) is 0 Å². The molecule has 6 N–H and O–H groups in total. The summed E-state index contributed by atoms with van der Waals surface area (Å²) in [5.41, 5.74) is 17.8. The summed E-state index contributed by atoms with van der Waals surface area (Å²) in [6.45, 7) is 1.75. The largest absolute Gasteiger partial charge is 0.497 e. The van der Waals surface area contributed by atoms with Crippen molar-refractivity contribution in [3.8, 4) is 5.75 Å². The maximum atomic E-state index is 12.5. The van der Waals surface area contributed by atoms with E-state index in [4.69, 9.17) is 20.6 Å². The Bertz CT molecular complexity index is 987. The van der Waals surface area contributed by atoms with Crippen molar-refractivity contribution < 1.29 is 18.7 Å². The highest BCUT2D eigenvalue weighted by Gasteiger charge is 2.28. The molecule has 0 saturated heterocycles. The molecule has 0 bridgehead atoms. The summed E-state index contributed by atoms with van der Waals surface area (Å²) in [4.78, 5) is 24.8. The van der Waals surface area contributed by atoms with Crippen LogP contribution in [0.15, 0.2) is 38.9 Å². The molecule has 2 amide bonds. The van der Waals surface area contributed by atoms with Gasteiger partial charge in [-0.15, -0.1) is 5.10 Å². The zero-order valence-corrected chi connectivity index (χ0v) is 16.1. The molecular weight excluding hydrogens is 376 g/mol. The summed E-state index contributed by atoms with van der Waals surface area (Å²) in [6.07, 6.45) is 2.13. The van der Waals surface area contributed by atoms with Crippen molar-refractivity contribution in [2.75, 3.05) is 7.11 Å². The van der Waals surface area contributed by atoms with Gasteiger partial charge >= 0.3 is 5.91 Å². The second-order valence-corrected chi connectivity index (χ2v) is 6.42. The number of nitrogens with two attached hydrogens (primary N) is 2. The van der Waals surface area contributed by atoms with Crippen LogP contribution in [0.3, 0.4) is 0 Å². The van der Waals surface area contributed by atoms with Crippen molar-refractivity contribution in [2.24, 2.45) is 21.7 Å². The number of carbonyl (C=O) groups excluding carboxylic acids is 2. The molecular formula is C19H22N6O4. The zero-order chi connectivity index (χ0) is 21.0. The van der Waals surface area contributed by atoms with Gasteiger partial charge in [0, 0.05) is 23.1 Å². The SMILES string of the molecule is COc1ccc(C(=O)NNC(=O)c2oc3c(c2C)/C(=N/N=C(N)N)CCC3)cc1. The van der Waals surface area contributed by atoms with Crippen molar-refractivity contribution in [2.45, 2.75) is 26.2 Å². The Morgan fingerprint density at radius 1 is 1.10 bits per heavy atom. The van der Waals surface area contributed by atoms with Crippen molar-refractivity contribution in [3.05, 3.63) is 52.5 Å². The van der Waals surface area contributed by atoms with Crippen LogP contribution in [0.1, 0.15) is 50.6 Å². The zero-order valence-electron chi connectivity index (χ0n) is 16.1. The topological polar surface area (TPSA) is 157 Å². The lowest BCUT2D eigenvalue weighted by molar-refractivity contribution is 0.0829. The number of hydrazine groups is 1. The van der Waals surface area contributed by atoms with E-state index in [0.29, 0.717) is 41.2 Å². The first-order valence-electron chi connectivity index (χ1n) is 8.93. The predicted octanol–water partition coefficient (Wildman–Crippen LogP) is 0.985. The van der Waals surface area contributed by atoms with E-state index in [9.17, 15) is 9.59 Å². The van der Waals surface area contributed by atoms with Gasteiger partial charge in [-0.2, -0.15) is 5.10 Å². The number of methoxy groups -OCH3 is 1. The minimum absolute atomic E-state index is 0.101. The van der Waals surface area contributed by atoms with E-state index in [2.05, 4.69) is 21.1 Å². The Balaban J connectivity index is 1.74. The van der Waals surface area contributed by atoms with E-state index in [-0.39, 0.29) is 11.7 Å². The lowest BCUT2D eigenvalue weighted by atomic mass is 9.93. The van der Waals surface area contributed by atoms with Crippen LogP contribution in [0.4, 0.5) is 0 Å². The lowest BCUT2D eigenvalue weighted by Crippen LogP contribution is -2.41. The number of nitrogens with zero attached hydrogens (tertiary/aromatic N) is 2. The van der Waals surface area contributed by atoms with Crippen molar-refractivity contribution in [1.29, 1.82) is 0 Å². The van der Waals surface area contributed by atoms with Crippen LogP contribution in [0.2, 0.25) is 0 Å². The number of hydrogen-bond donors (Lipinski definition) is 4. The first-order valence-corrected chi connectivity index (χ1v) is 8.93. The Labute approximate surface area is 167 Å². The van der Waals surface area contributed by atoms with Gasteiger partial charge in [0.05, 0.1) is 12.8 Å². The van der Waals surface area contributed by atoms with E-state index < -0.39 is 11.8 Å². The average Bonchev–Trinajstić information content (AvgIpc) is 3.07. The molecule has 1 aliphatic carbocycles. The molecule has 0 unspecified atom stereocenters. The lowest BCUT2D eigenvalue weighted by Gasteiger charge is -2.11. The minimum atomic E-state index is -0.569. The average molecular weight is 398 g/mol. The smallest absolute Gasteiger partial charge is 0.305 e. The van der Waals surface area contributed by atoms with E-state index in [0.717, 1.165) is 12.0 Å². The quantitative estimate of drug-likeness (QED) is 0.341. The molecule has 1 heterocycles. The van der Waals surface area contributed by atoms with Gasteiger partial charge in [-0.25, -0.2) is 0 Å². The molecule has 2 aromatic rings. The monoisotopic (exact) mass is 398 g/mol. The van der Waals surface area contributed by atoms with Gasteiger partial charge < -0.3 is 20.6 Å². The molecule has 0 atom stereocenters. The summed E-state index contributed by atoms with van der Waals surface area (Å²) in [7, 11) is 1.54. The van der Waals surface area contributed by atoms with E-state index in [1.165, 1.54) is 7.11 Å². The Morgan fingerprint density at radius 3 is 2.45 bits per heavy atom. The highest BCUT2D eigenvalue weighted by atomic mass is 16.5. The second kappa shape index (κ2) is 8.46. The first-order chi connectivity index (χ1) is 13.9. The molecule has 0 spiro atoms. The van der Waals surface area contributed by atoms with Crippen molar-refractivity contribution in [3.63, 3.8) is 0 Å². The number of amides is 2. The molecule has 1 aromatic heterocycles. The first kappa shape index (κ1) is 19.9. The van der Waals surface area contributed by atoms with Gasteiger partial charge in [-0.3, -0.25) is 20.4 Å². The molecule has 0 saturated carbocycles. The second-order valence-electron chi connectivity index (χ2n) is 6.42. The molecule has 0 fully saturated rings. The van der Waals surface area contributed by atoms with Gasteiger partial charge in [0.15, 0.2) is 5.76 Å². The fourth-order valence-electron chi connectivity index (χ4n) is 3.09. The van der Waals surface area contributed by atoms with Crippen LogP contribution in [0.25, 0.3) is 0 Å². The van der Waals surface area contributed by atoms with Crippen LogP contribution in [-0.4, -0.2) is 30.6 Å². The molecule has 10 nitrogen and oxygen atoms in total. The standard InChI is InChI=1S/C19H22N6O4/c1-10-15-13(22-25-19(20)21)4-3-5-14(15)29-16(10)18(27)24-23-17(26)11-6-8-12(28-2)9-7-11/h6-9H,3-5H2,1-2H3,(H,23,26)(H,24,27)(H4,20,21,25)/b22-13+. The summed E-state index contributed by atoms with van der Waals surface area (Å²) in [5, 5.41) is 7.77. The van der Waals surface area contributed by atoms with Crippen LogP contribution < -0.4 is 27.1 Å². The highest BCUT2D eigenvalue weighted by molar-refractivity contribution is 6.07. The van der Waals surface area contributed by atoms with Gasteiger partial charge in [-0.05, 0) is 44.0 Å². The van der Waals surface area contributed by atoms with Gasteiger partial charge in [0.1, 0.15) is 11.5 Å². The summed E-state index contributed by atoms with van der Waals surface area (Å²) in [5.74, 6) is 0.185. The van der Waals surface area contributed by atoms with Crippen LogP contribution in [0, 0.1) is 6.92 Å². The fourth-order valence-corrected chi connectivity index (χ4v) is 3.09. The summed E-state index contributed by atoms with van der Waals surface area (Å²) >= 11 is 0. The number of ether oxygens (including phenoxy) is 1. The number of fused-ring (bicyclic) bond motifs is 1.